The summed E-state index contributed by atoms with van der Waals surface area (Å²) in [5.41, 5.74) is 10.1. The molecule has 0 heteroatoms. The first-order chi connectivity index (χ1) is 27.8. The van der Waals surface area contributed by atoms with Gasteiger partial charge in [-0.15, -0.1) is 0 Å². The third-order valence-corrected chi connectivity index (χ3v) is 12.2. The standard InChI is InChI=1S/C56H34/c1-2-13-35(14-3-1)54-47-21-8-10-23-49(47)56(50-24-11-9-22-48(50)54)52-34-33-44(41-19-6-7-20-42(41)52)43-31-32-45(40-18-5-4-17-39(40)43)46-29-27-38-26-25-36-15-12-16-37-28-30-51(46)55(38)53(36)37/h1-34H. The third-order valence-electron chi connectivity index (χ3n) is 12.2. The monoisotopic (exact) mass is 706 g/mol. The van der Waals surface area contributed by atoms with Crippen molar-refractivity contribution < 1.29 is 0 Å². The van der Waals surface area contributed by atoms with Gasteiger partial charge in [0.25, 0.3) is 0 Å². The molecular formula is C56H34. The van der Waals surface area contributed by atoms with Gasteiger partial charge in [0.2, 0.25) is 0 Å². The highest BCUT2D eigenvalue weighted by atomic mass is 14.2. The largest absolute Gasteiger partial charge is 0.0622 e. The maximum Gasteiger partial charge on any atom is -0.00201 e. The SMILES string of the molecule is c1ccc(-c2c3ccccc3c(-c3ccc(-c4ccc(-c5ccc6ccc7cccc8ccc5c6c78)c5ccccc45)c4ccccc34)c3ccccc23)cc1. The smallest absolute Gasteiger partial charge is 0.00201 e. The van der Waals surface area contributed by atoms with E-state index in [-0.39, 0.29) is 0 Å². The molecule has 0 bridgehead atoms. The Balaban J connectivity index is 1.09. The van der Waals surface area contributed by atoms with Crippen LogP contribution >= 0.6 is 0 Å². The lowest BCUT2D eigenvalue weighted by molar-refractivity contribution is 1.65. The molecule has 0 aliphatic rings. The Morgan fingerprint density at radius 1 is 0.179 bits per heavy atom. The predicted molar refractivity (Wildman–Crippen MR) is 242 cm³/mol. The van der Waals surface area contributed by atoms with Crippen molar-refractivity contribution in [2.45, 2.75) is 0 Å². The van der Waals surface area contributed by atoms with Crippen LogP contribution in [0.15, 0.2) is 206 Å². The van der Waals surface area contributed by atoms with Gasteiger partial charge in [0, 0.05) is 0 Å². The molecule has 0 saturated carbocycles. The third kappa shape index (κ3) is 4.48. The van der Waals surface area contributed by atoms with E-state index in [9.17, 15) is 0 Å². The first-order valence-corrected chi connectivity index (χ1v) is 19.5. The van der Waals surface area contributed by atoms with Crippen molar-refractivity contribution in [2.75, 3.05) is 0 Å². The van der Waals surface area contributed by atoms with E-state index in [1.54, 1.807) is 0 Å². The molecule has 0 spiro atoms. The second kappa shape index (κ2) is 12.1. The van der Waals surface area contributed by atoms with Gasteiger partial charge in [-0.3, -0.25) is 0 Å². The Labute approximate surface area is 324 Å². The van der Waals surface area contributed by atoms with Gasteiger partial charge in [0.15, 0.2) is 0 Å². The minimum absolute atomic E-state index is 1.24. The van der Waals surface area contributed by atoms with E-state index in [2.05, 4.69) is 206 Å². The number of hydrogen-bond donors (Lipinski definition) is 0. The van der Waals surface area contributed by atoms with Crippen LogP contribution in [-0.4, -0.2) is 0 Å². The van der Waals surface area contributed by atoms with Crippen molar-refractivity contribution in [3.63, 3.8) is 0 Å². The van der Waals surface area contributed by atoms with Crippen molar-refractivity contribution in [3.05, 3.63) is 206 Å². The first kappa shape index (κ1) is 31.1. The molecule has 0 nitrogen and oxygen atoms in total. The Hall–Kier alpha value is -7.28. The number of rotatable bonds is 4. The quantitative estimate of drug-likeness (QED) is 0.126. The van der Waals surface area contributed by atoms with E-state index < -0.39 is 0 Å². The fourth-order valence-electron chi connectivity index (χ4n) is 9.83. The van der Waals surface area contributed by atoms with Gasteiger partial charge in [0.05, 0.1) is 0 Å². The molecule has 56 heavy (non-hydrogen) atoms. The van der Waals surface area contributed by atoms with E-state index in [0.717, 1.165) is 0 Å². The molecule has 0 aromatic heterocycles. The predicted octanol–water partition coefficient (Wildman–Crippen LogP) is 15.9. The van der Waals surface area contributed by atoms with Crippen LogP contribution in [0.1, 0.15) is 0 Å². The zero-order chi connectivity index (χ0) is 36.7. The second-order valence-electron chi connectivity index (χ2n) is 15.1. The summed E-state index contributed by atoms with van der Waals surface area (Å²) in [5, 5.41) is 18.0. The lowest BCUT2D eigenvalue weighted by atomic mass is 9.83. The topological polar surface area (TPSA) is 0 Å². The van der Waals surface area contributed by atoms with Crippen LogP contribution < -0.4 is 0 Å². The minimum Gasteiger partial charge on any atom is -0.0622 e. The van der Waals surface area contributed by atoms with Crippen molar-refractivity contribution in [2.24, 2.45) is 0 Å². The zero-order valence-electron chi connectivity index (χ0n) is 30.6. The van der Waals surface area contributed by atoms with E-state index in [0.29, 0.717) is 0 Å². The maximum atomic E-state index is 2.37. The van der Waals surface area contributed by atoms with Gasteiger partial charge in [-0.1, -0.05) is 206 Å². The fourth-order valence-corrected chi connectivity index (χ4v) is 9.83. The van der Waals surface area contributed by atoms with E-state index in [4.69, 9.17) is 0 Å². The summed E-state index contributed by atoms with van der Waals surface area (Å²) in [5.74, 6) is 0. The molecule has 0 N–H and O–H groups in total. The Bertz CT molecular complexity index is 3440. The molecule has 0 saturated heterocycles. The molecule has 0 aliphatic heterocycles. The molecular weight excluding hydrogens is 673 g/mol. The van der Waals surface area contributed by atoms with Crippen LogP contribution in [0.4, 0.5) is 0 Å². The van der Waals surface area contributed by atoms with Crippen LogP contribution in [0.2, 0.25) is 0 Å². The molecule has 0 atom stereocenters. The molecule has 0 fully saturated rings. The van der Waals surface area contributed by atoms with E-state index >= 15 is 0 Å². The summed E-state index contributed by atoms with van der Waals surface area (Å²) < 4.78 is 0. The van der Waals surface area contributed by atoms with Crippen LogP contribution in [0, 0.1) is 0 Å². The number of fused-ring (bicyclic) bond motifs is 4. The number of benzene rings is 12. The molecule has 12 rings (SSSR count). The zero-order valence-corrected chi connectivity index (χ0v) is 30.6. The molecule has 12 aromatic carbocycles. The van der Waals surface area contributed by atoms with Gasteiger partial charge < -0.3 is 0 Å². The van der Waals surface area contributed by atoms with Crippen LogP contribution in [0.5, 0.6) is 0 Å². The summed E-state index contributed by atoms with van der Waals surface area (Å²) in [6.45, 7) is 0. The molecule has 12 aromatic rings. The van der Waals surface area contributed by atoms with E-state index in [1.165, 1.54) is 120 Å². The average molecular weight is 707 g/mol. The van der Waals surface area contributed by atoms with Gasteiger partial charge in [-0.05, 0) is 120 Å². The summed E-state index contributed by atoms with van der Waals surface area (Å²) in [6.07, 6.45) is 0. The molecule has 0 unspecified atom stereocenters. The van der Waals surface area contributed by atoms with Gasteiger partial charge in [0.1, 0.15) is 0 Å². The van der Waals surface area contributed by atoms with Crippen LogP contribution in [0.25, 0.3) is 120 Å². The van der Waals surface area contributed by atoms with Crippen molar-refractivity contribution >= 4 is 75.4 Å². The van der Waals surface area contributed by atoms with Crippen molar-refractivity contribution in [3.8, 4) is 44.5 Å². The number of hydrogen-bond acceptors (Lipinski definition) is 0. The fraction of sp³-hybridized carbons (Fsp3) is 0. The normalized spacial score (nSPS) is 11.9. The van der Waals surface area contributed by atoms with Gasteiger partial charge >= 0.3 is 0 Å². The van der Waals surface area contributed by atoms with Crippen molar-refractivity contribution in [1.29, 1.82) is 0 Å². The summed E-state index contributed by atoms with van der Waals surface area (Å²) in [4.78, 5) is 0. The Morgan fingerprint density at radius 2 is 0.536 bits per heavy atom. The lowest BCUT2D eigenvalue weighted by Gasteiger charge is -2.20. The summed E-state index contributed by atoms with van der Waals surface area (Å²) >= 11 is 0. The van der Waals surface area contributed by atoms with Crippen LogP contribution in [-0.2, 0) is 0 Å². The molecule has 0 amide bonds. The minimum atomic E-state index is 1.24. The van der Waals surface area contributed by atoms with Gasteiger partial charge in [-0.2, -0.15) is 0 Å². The highest BCUT2D eigenvalue weighted by Crippen LogP contribution is 2.48. The Kier molecular flexibility index (Phi) is 6.73. The Morgan fingerprint density at radius 3 is 1.07 bits per heavy atom. The first-order valence-electron chi connectivity index (χ1n) is 19.5. The van der Waals surface area contributed by atoms with Crippen LogP contribution in [0.3, 0.4) is 0 Å². The average Bonchev–Trinajstić information content (AvgIpc) is 3.27. The van der Waals surface area contributed by atoms with Crippen molar-refractivity contribution in [1.82, 2.24) is 0 Å². The highest BCUT2D eigenvalue weighted by molar-refractivity contribution is 6.27. The lowest BCUT2D eigenvalue weighted by Crippen LogP contribution is -1.93. The molecule has 258 valence electrons. The summed E-state index contributed by atoms with van der Waals surface area (Å²) in [7, 11) is 0. The van der Waals surface area contributed by atoms with Gasteiger partial charge in [-0.25, -0.2) is 0 Å². The maximum absolute atomic E-state index is 2.37. The van der Waals surface area contributed by atoms with E-state index in [1.807, 2.05) is 0 Å². The summed E-state index contributed by atoms with van der Waals surface area (Å²) in [6, 6.07) is 76.6. The second-order valence-corrected chi connectivity index (χ2v) is 15.1. The molecule has 0 heterocycles. The molecule has 0 aliphatic carbocycles. The highest BCUT2D eigenvalue weighted by Gasteiger charge is 2.20. The molecule has 0 radical (unpaired) electrons.